The van der Waals surface area contributed by atoms with Gasteiger partial charge in [-0.2, -0.15) is 0 Å². The molecule has 1 aliphatic carbocycles. The van der Waals surface area contributed by atoms with Crippen LogP contribution in [0.3, 0.4) is 0 Å². The van der Waals surface area contributed by atoms with Crippen LogP contribution in [0.5, 0.6) is 0 Å². The Hall–Kier alpha value is -2.49. The van der Waals surface area contributed by atoms with Crippen molar-refractivity contribution in [2.75, 3.05) is 0 Å². The smallest absolute Gasteiger partial charge is 0.223 e. The van der Waals surface area contributed by atoms with Gasteiger partial charge in [0.15, 0.2) is 0 Å². The summed E-state index contributed by atoms with van der Waals surface area (Å²) >= 11 is 0. The molecule has 1 N–H and O–H groups in total. The normalized spacial score (nSPS) is 16.6. The van der Waals surface area contributed by atoms with Gasteiger partial charge in [-0.15, -0.1) is 0 Å². The third-order valence-corrected chi connectivity index (χ3v) is 4.68. The minimum atomic E-state index is -0.0434. The van der Waals surface area contributed by atoms with Crippen molar-refractivity contribution in [3.05, 3.63) is 54.4 Å². The highest BCUT2D eigenvalue weighted by molar-refractivity contribution is 5.84. The summed E-state index contributed by atoms with van der Waals surface area (Å²) in [5.41, 5.74) is 3.26. The lowest BCUT2D eigenvalue weighted by molar-refractivity contribution is -0.129. The fourth-order valence-corrected chi connectivity index (χ4v) is 3.11. The molecule has 1 atom stereocenters. The van der Waals surface area contributed by atoms with Gasteiger partial charge >= 0.3 is 0 Å². The zero-order valence-corrected chi connectivity index (χ0v) is 13.9. The van der Waals surface area contributed by atoms with Crippen LogP contribution >= 0.6 is 0 Å². The summed E-state index contributed by atoms with van der Waals surface area (Å²) in [5.74, 6) is 0.309. The Labute approximate surface area is 142 Å². The molecule has 1 aromatic heterocycles. The number of Topliss-reactive ketones (excluding diaryl/α,β-unsaturated/α-hetero) is 1. The van der Waals surface area contributed by atoms with Crippen LogP contribution in [-0.4, -0.2) is 16.7 Å². The summed E-state index contributed by atoms with van der Waals surface area (Å²) in [5, 5.41) is 3.08. The zero-order valence-electron chi connectivity index (χ0n) is 13.9. The van der Waals surface area contributed by atoms with E-state index in [0.29, 0.717) is 25.7 Å². The first kappa shape index (κ1) is 16.4. The van der Waals surface area contributed by atoms with Crippen LogP contribution in [0.1, 0.15) is 44.2 Å². The maximum Gasteiger partial charge on any atom is 0.223 e. The number of pyridine rings is 1. The second-order valence-corrected chi connectivity index (χ2v) is 6.41. The fraction of sp³-hybridized carbons (Fsp3) is 0.350. The number of benzene rings is 1. The standard InChI is InChI=1S/C20H22N2O2/c1-14(22-20(24)17-8-10-19(23)11-9-17)15-4-6-16(7-5-15)18-3-2-12-21-13-18/h2-7,12-14,17H,8-11H2,1H3,(H,22,24). The van der Waals surface area contributed by atoms with Crippen molar-refractivity contribution in [3.8, 4) is 11.1 Å². The Balaban J connectivity index is 1.62. The molecule has 4 nitrogen and oxygen atoms in total. The monoisotopic (exact) mass is 322 g/mol. The predicted molar refractivity (Wildman–Crippen MR) is 93.2 cm³/mol. The van der Waals surface area contributed by atoms with E-state index in [-0.39, 0.29) is 23.7 Å². The van der Waals surface area contributed by atoms with Gasteiger partial charge in [0.1, 0.15) is 5.78 Å². The predicted octanol–water partition coefficient (Wildman–Crippen LogP) is 3.69. The summed E-state index contributed by atoms with van der Waals surface area (Å²) in [7, 11) is 0. The number of ketones is 1. The Kier molecular flexibility index (Phi) is 5.04. The van der Waals surface area contributed by atoms with E-state index in [9.17, 15) is 9.59 Å². The van der Waals surface area contributed by atoms with E-state index >= 15 is 0 Å². The molecule has 1 aromatic carbocycles. The van der Waals surface area contributed by atoms with Gasteiger partial charge in [0, 0.05) is 31.2 Å². The largest absolute Gasteiger partial charge is 0.349 e. The van der Waals surface area contributed by atoms with E-state index in [2.05, 4.69) is 10.3 Å². The molecular weight excluding hydrogens is 300 g/mol. The van der Waals surface area contributed by atoms with Gasteiger partial charge in [-0.1, -0.05) is 30.3 Å². The maximum absolute atomic E-state index is 12.3. The van der Waals surface area contributed by atoms with E-state index < -0.39 is 0 Å². The number of rotatable bonds is 4. The highest BCUT2D eigenvalue weighted by Gasteiger charge is 2.25. The van der Waals surface area contributed by atoms with Crippen molar-refractivity contribution >= 4 is 11.7 Å². The van der Waals surface area contributed by atoms with Crippen LogP contribution in [0.2, 0.25) is 0 Å². The van der Waals surface area contributed by atoms with Crippen LogP contribution in [0.4, 0.5) is 0 Å². The second-order valence-electron chi connectivity index (χ2n) is 6.41. The third kappa shape index (κ3) is 3.88. The summed E-state index contributed by atoms with van der Waals surface area (Å²) in [4.78, 5) is 27.8. The molecule has 0 aliphatic heterocycles. The van der Waals surface area contributed by atoms with Gasteiger partial charge in [0.25, 0.3) is 0 Å². The Morgan fingerprint density at radius 3 is 2.46 bits per heavy atom. The first-order chi connectivity index (χ1) is 11.6. The first-order valence-electron chi connectivity index (χ1n) is 8.46. The number of carbonyl (C=O) groups is 2. The molecule has 3 rings (SSSR count). The molecule has 2 aromatic rings. The van der Waals surface area contributed by atoms with Crippen LogP contribution in [0, 0.1) is 5.92 Å². The number of amides is 1. The minimum Gasteiger partial charge on any atom is -0.349 e. The molecule has 1 fully saturated rings. The van der Waals surface area contributed by atoms with Crippen molar-refractivity contribution < 1.29 is 9.59 Å². The van der Waals surface area contributed by atoms with Gasteiger partial charge in [0.05, 0.1) is 6.04 Å². The lowest BCUT2D eigenvalue weighted by Gasteiger charge is -2.23. The average molecular weight is 322 g/mol. The van der Waals surface area contributed by atoms with E-state index in [1.807, 2.05) is 49.5 Å². The number of nitrogens with one attached hydrogen (secondary N) is 1. The highest BCUT2D eigenvalue weighted by Crippen LogP contribution is 2.24. The van der Waals surface area contributed by atoms with Crippen molar-refractivity contribution in [2.24, 2.45) is 5.92 Å². The van der Waals surface area contributed by atoms with Gasteiger partial charge < -0.3 is 5.32 Å². The van der Waals surface area contributed by atoms with Crippen LogP contribution in [0.15, 0.2) is 48.8 Å². The average Bonchev–Trinajstić information content (AvgIpc) is 2.63. The maximum atomic E-state index is 12.3. The zero-order chi connectivity index (χ0) is 16.9. The molecule has 0 bridgehead atoms. The van der Waals surface area contributed by atoms with Crippen LogP contribution in [-0.2, 0) is 9.59 Å². The Morgan fingerprint density at radius 1 is 1.12 bits per heavy atom. The first-order valence-corrected chi connectivity index (χ1v) is 8.46. The molecule has 1 saturated carbocycles. The molecule has 1 amide bonds. The van der Waals surface area contributed by atoms with Crippen LogP contribution < -0.4 is 5.32 Å². The molecule has 24 heavy (non-hydrogen) atoms. The number of aromatic nitrogens is 1. The third-order valence-electron chi connectivity index (χ3n) is 4.68. The second kappa shape index (κ2) is 7.39. The summed E-state index contributed by atoms with van der Waals surface area (Å²) in [6, 6.07) is 12.1. The SMILES string of the molecule is CC(NC(=O)C1CCC(=O)CC1)c1ccc(-c2cccnc2)cc1. The van der Waals surface area contributed by atoms with Gasteiger partial charge in [-0.3, -0.25) is 14.6 Å². The Bertz CT molecular complexity index is 700. The Morgan fingerprint density at radius 2 is 1.83 bits per heavy atom. The van der Waals surface area contributed by atoms with Crippen molar-refractivity contribution in [3.63, 3.8) is 0 Å². The molecule has 1 heterocycles. The summed E-state index contributed by atoms with van der Waals surface area (Å²) in [6.07, 6.45) is 6.02. The molecule has 1 aliphatic rings. The quantitative estimate of drug-likeness (QED) is 0.934. The van der Waals surface area contributed by atoms with E-state index in [1.165, 1.54) is 0 Å². The molecule has 124 valence electrons. The molecule has 1 unspecified atom stereocenters. The van der Waals surface area contributed by atoms with Gasteiger partial charge in [-0.05, 0) is 42.5 Å². The highest BCUT2D eigenvalue weighted by atomic mass is 16.2. The van der Waals surface area contributed by atoms with Crippen molar-refractivity contribution in [1.29, 1.82) is 0 Å². The summed E-state index contributed by atoms with van der Waals surface area (Å²) in [6.45, 7) is 1.99. The van der Waals surface area contributed by atoms with Crippen LogP contribution in [0.25, 0.3) is 11.1 Å². The molecule has 0 spiro atoms. The molecule has 0 saturated heterocycles. The number of hydrogen-bond donors (Lipinski definition) is 1. The van der Waals surface area contributed by atoms with Gasteiger partial charge in [0.2, 0.25) is 5.91 Å². The van der Waals surface area contributed by atoms with Gasteiger partial charge in [-0.25, -0.2) is 0 Å². The van der Waals surface area contributed by atoms with Crippen molar-refractivity contribution in [2.45, 2.75) is 38.6 Å². The van der Waals surface area contributed by atoms with E-state index in [0.717, 1.165) is 16.7 Å². The topological polar surface area (TPSA) is 59.1 Å². The lowest BCUT2D eigenvalue weighted by Crippen LogP contribution is -2.34. The minimum absolute atomic E-state index is 0.0279. The lowest BCUT2D eigenvalue weighted by atomic mass is 9.87. The number of hydrogen-bond acceptors (Lipinski definition) is 3. The molecular formula is C20H22N2O2. The summed E-state index contributed by atoms with van der Waals surface area (Å²) < 4.78 is 0. The van der Waals surface area contributed by atoms with E-state index in [4.69, 9.17) is 0 Å². The number of nitrogens with zero attached hydrogens (tertiary/aromatic N) is 1. The number of carbonyl (C=O) groups excluding carboxylic acids is 2. The molecule has 4 heteroatoms. The van der Waals surface area contributed by atoms with E-state index in [1.54, 1.807) is 6.20 Å². The fourth-order valence-electron chi connectivity index (χ4n) is 3.11. The molecule has 0 radical (unpaired) electrons. The van der Waals surface area contributed by atoms with Crippen molar-refractivity contribution in [1.82, 2.24) is 10.3 Å².